The Morgan fingerprint density at radius 1 is 1.05 bits per heavy atom. The third-order valence-corrected chi connectivity index (χ3v) is 4.28. The number of carboxylic acids is 2. The molecule has 20 heavy (non-hydrogen) atoms. The van der Waals surface area contributed by atoms with Gasteiger partial charge in [-0.15, -0.1) is 0 Å². The quantitative estimate of drug-likeness (QED) is 0.881. The number of carboxylic acid groups (broad SMARTS) is 2. The van der Waals surface area contributed by atoms with Crippen LogP contribution in [0.5, 0.6) is 0 Å². The van der Waals surface area contributed by atoms with Gasteiger partial charge in [-0.2, -0.15) is 0 Å². The largest absolute Gasteiger partial charge is 0.478 e. The van der Waals surface area contributed by atoms with Crippen LogP contribution in [-0.4, -0.2) is 22.2 Å². The standard InChI is InChI=1S/C16H20O4/c1-9-8-12(15(17)18)14(10(2)13(9)16(19)20)11-6-4-3-5-7-11/h8,11H,3-7H2,1-2H3,(H,17,18)(H,19,20). The lowest BCUT2D eigenvalue weighted by atomic mass is 9.78. The highest BCUT2D eigenvalue weighted by molar-refractivity contribution is 5.96. The van der Waals surface area contributed by atoms with E-state index in [0.717, 1.165) is 31.2 Å². The van der Waals surface area contributed by atoms with Crippen LogP contribution in [0.1, 0.15) is 75.4 Å². The highest BCUT2D eigenvalue weighted by atomic mass is 16.4. The second-order valence-corrected chi connectivity index (χ2v) is 5.60. The van der Waals surface area contributed by atoms with E-state index in [1.54, 1.807) is 13.8 Å². The molecule has 108 valence electrons. The van der Waals surface area contributed by atoms with Gasteiger partial charge in [-0.3, -0.25) is 0 Å². The predicted octanol–water partition coefficient (Wildman–Crippen LogP) is 3.75. The monoisotopic (exact) mass is 276 g/mol. The molecule has 0 atom stereocenters. The van der Waals surface area contributed by atoms with Crippen LogP contribution >= 0.6 is 0 Å². The lowest BCUT2D eigenvalue weighted by molar-refractivity contribution is 0.0678. The first-order valence-electron chi connectivity index (χ1n) is 7.04. The van der Waals surface area contributed by atoms with Crippen molar-refractivity contribution in [3.05, 3.63) is 33.9 Å². The zero-order valence-electron chi connectivity index (χ0n) is 11.9. The summed E-state index contributed by atoms with van der Waals surface area (Å²) in [7, 11) is 0. The number of rotatable bonds is 3. The Balaban J connectivity index is 2.64. The summed E-state index contributed by atoms with van der Waals surface area (Å²) in [5.41, 5.74) is 2.42. The minimum Gasteiger partial charge on any atom is -0.478 e. The molecule has 0 spiro atoms. The van der Waals surface area contributed by atoms with E-state index in [0.29, 0.717) is 11.1 Å². The molecule has 1 aliphatic rings. The average Bonchev–Trinajstić information content (AvgIpc) is 2.38. The summed E-state index contributed by atoms with van der Waals surface area (Å²) in [4.78, 5) is 22.9. The summed E-state index contributed by atoms with van der Waals surface area (Å²) in [5.74, 6) is -1.77. The number of aryl methyl sites for hydroxylation is 1. The molecular weight excluding hydrogens is 256 g/mol. The number of hydrogen-bond donors (Lipinski definition) is 2. The number of benzene rings is 1. The molecule has 1 aromatic carbocycles. The Bertz CT molecular complexity index is 554. The fourth-order valence-corrected chi connectivity index (χ4v) is 3.42. The predicted molar refractivity (Wildman–Crippen MR) is 75.7 cm³/mol. The van der Waals surface area contributed by atoms with Crippen molar-refractivity contribution in [1.82, 2.24) is 0 Å². The summed E-state index contributed by atoms with van der Waals surface area (Å²) in [6.45, 7) is 3.40. The van der Waals surface area contributed by atoms with Crippen LogP contribution in [0.3, 0.4) is 0 Å². The van der Waals surface area contributed by atoms with Crippen molar-refractivity contribution >= 4 is 11.9 Å². The first-order valence-corrected chi connectivity index (χ1v) is 7.04. The van der Waals surface area contributed by atoms with Crippen molar-refractivity contribution in [2.45, 2.75) is 51.9 Å². The van der Waals surface area contributed by atoms with Gasteiger partial charge in [0.1, 0.15) is 0 Å². The van der Waals surface area contributed by atoms with Gasteiger partial charge in [0.25, 0.3) is 0 Å². The lowest BCUT2D eigenvalue weighted by Gasteiger charge is -2.26. The molecule has 0 unspecified atom stereocenters. The van der Waals surface area contributed by atoms with Gasteiger partial charge in [0.2, 0.25) is 0 Å². The second-order valence-electron chi connectivity index (χ2n) is 5.60. The van der Waals surface area contributed by atoms with Gasteiger partial charge in [-0.25, -0.2) is 9.59 Å². The van der Waals surface area contributed by atoms with Crippen molar-refractivity contribution < 1.29 is 19.8 Å². The topological polar surface area (TPSA) is 74.6 Å². The molecule has 4 nitrogen and oxygen atoms in total. The number of carbonyl (C=O) groups is 2. The van der Waals surface area contributed by atoms with E-state index in [9.17, 15) is 19.8 Å². The normalized spacial score (nSPS) is 16.1. The van der Waals surface area contributed by atoms with E-state index in [1.165, 1.54) is 12.5 Å². The maximum Gasteiger partial charge on any atom is 0.336 e. The van der Waals surface area contributed by atoms with Gasteiger partial charge >= 0.3 is 11.9 Å². The van der Waals surface area contributed by atoms with Crippen LogP contribution < -0.4 is 0 Å². The maximum absolute atomic E-state index is 11.5. The summed E-state index contributed by atoms with van der Waals surface area (Å²) in [5, 5.41) is 18.8. The molecule has 0 saturated heterocycles. The van der Waals surface area contributed by atoms with Gasteiger partial charge in [0, 0.05) is 0 Å². The molecule has 1 saturated carbocycles. The van der Waals surface area contributed by atoms with Crippen molar-refractivity contribution in [3.63, 3.8) is 0 Å². The molecule has 0 heterocycles. The molecule has 0 aromatic heterocycles. The highest BCUT2D eigenvalue weighted by Gasteiger charge is 2.27. The molecule has 1 aliphatic carbocycles. The third kappa shape index (κ3) is 2.55. The molecule has 0 radical (unpaired) electrons. The van der Waals surface area contributed by atoms with E-state index in [2.05, 4.69) is 0 Å². The molecule has 2 rings (SSSR count). The van der Waals surface area contributed by atoms with Crippen molar-refractivity contribution in [2.24, 2.45) is 0 Å². The van der Waals surface area contributed by atoms with Crippen molar-refractivity contribution in [2.75, 3.05) is 0 Å². The van der Waals surface area contributed by atoms with E-state index in [1.807, 2.05) is 0 Å². The van der Waals surface area contributed by atoms with Crippen LogP contribution in [0.4, 0.5) is 0 Å². The SMILES string of the molecule is Cc1cc(C(=O)O)c(C2CCCCC2)c(C)c1C(=O)O. The van der Waals surface area contributed by atoms with Gasteiger partial charge in [0.05, 0.1) is 11.1 Å². The molecule has 2 N–H and O–H groups in total. The molecule has 0 bridgehead atoms. The van der Waals surface area contributed by atoms with E-state index in [-0.39, 0.29) is 17.0 Å². The van der Waals surface area contributed by atoms with Gasteiger partial charge < -0.3 is 10.2 Å². The van der Waals surface area contributed by atoms with Crippen LogP contribution in [-0.2, 0) is 0 Å². The highest BCUT2D eigenvalue weighted by Crippen LogP contribution is 2.38. The Hall–Kier alpha value is -1.84. The Labute approximate surface area is 118 Å². The third-order valence-electron chi connectivity index (χ3n) is 4.28. The Morgan fingerprint density at radius 2 is 1.65 bits per heavy atom. The van der Waals surface area contributed by atoms with Crippen LogP contribution in [0.25, 0.3) is 0 Å². The summed E-state index contributed by atoms with van der Waals surface area (Å²) in [6.07, 6.45) is 5.24. The molecule has 0 amide bonds. The van der Waals surface area contributed by atoms with Crippen LogP contribution in [0, 0.1) is 13.8 Å². The van der Waals surface area contributed by atoms with Gasteiger partial charge in [-0.05, 0) is 55.4 Å². The van der Waals surface area contributed by atoms with Crippen molar-refractivity contribution in [3.8, 4) is 0 Å². The first kappa shape index (κ1) is 14.6. The van der Waals surface area contributed by atoms with Crippen LogP contribution in [0.2, 0.25) is 0 Å². The fraction of sp³-hybridized carbons (Fsp3) is 0.500. The minimum atomic E-state index is -0.978. The number of hydrogen-bond acceptors (Lipinski definition) is 2. The summed E-state index contributed by atoms with van der Waals surface area (Å²) < 4.78 is 0. The van der Waals surface area contributed by atoms with Crippen molar-refractivity contribution in [1.29, 1.82) is 0 Å². The zero-order valence-corrected chi connectivity index (χ0v) is 11.9. The molecule has 1 aromatic rings. The zero-order chi connectivity index (χ0) is 14.9. The lowest BCUT2D eigenvalue weighted by Crippen LogP contribution is -2.16. The minimum absolute atomic E-state index is 0.175. The molecule has 1 fully saturated rings. The fourth-order valence-electron chi connectivity index (χ4n) is 3.42. The summed E-state index contributed by atoms with van der Waals surface area (Å²) >= 11 is 0. The second kappa shape index (κ2) is 5.65. The van der Waals surface area contributed by atoms with E-state index >= 15 is 0 Å². The smallest absolute Gasteiger partial charge is 0.336 e. The van der Waals surface area contributed by atoms with E-state index in [4.69, 9.17) is 0 Å². The Kier molecular flexibility index (Phi) is 4.12. The van der Waals surface area contributed by atoms with Crippen LogP contribution in [0.15, 0.2) is 6.07 Å². The average molecular weight is 276 g/mol. The molecule has 0 aliphatic heterocycles. The van der Waals surface area contributed by atoms with E-state index < -0.39 is 11.9 Å². The maximum atomic E-state index is 11.5. The summed E-state index contributed by atoms with van der Waals surface area (Å²) in [6, 6.07) is 1.52. The molecular formula is C16H20O4. The van der Waals surface area contributed by atoms with Gasteiger partial charge in [0.15, 0.2) is 0 Å². The van der Waals surface area contributed by atoms with Gasteiger partial charge in [-0.1, -0.05) is 19.3 Å². The number of aromatic carboxylic acids is 2. The first-order chi connectivity index (χ1) is 9.43. The Morgan fingerprint density at radius 3 is 2.15 bits per heavy atom. The molecule has 4 heteroatoms.